The normalized spacial score (nSPS) is 29.9. The number of esters is 1. The van der Waals surface area contributed by atoms with Crippen molar-refractivity contribution < 1.29 is 9.53 Å². The first-order valence-electron chi connectivity index (χ1n) is 5.37. The van der Waals surface area contributed by atoms with Crippen LogP contribution < -0.4 is 0 Å². The van der Waals surface area contributed by atoms with Crippen LogP contribution in [0.2, 0.25) is 0 Å². The van der Waals surface area contributed by atoms with Gasteiger partial charge in [0.05, 0.1) is 12.5 Å². The van der Waals surface area contributed by atoms with Gasteiger partial charge in [0, 0.05) is 5.92 Å². The van der Waals surface area contributed by atoms with Gasteiger partial charge in [0.15, 0.2) is 0 Å². The van der Waals surface area contributed by atoms with E-state index >= 15 is 0 Å². The molecule has 0 bridgehead atoms. The lowest BCUT2D eigenvalue weighted by Crippen LogP contribution is -2.20. The van der Waals surface area contributed by atoms with Gasteiger partial charge < -0.3 is 4.74 Å². The predicted octanol–water partition coefficient (Wildman–Crippen LogP) is 2.64. The van der Waals surface area contributed by atoms with E-state index in [1.165, 1.54) is 0 Å². The van der Waals surface area contributed by atoms with Crippen molar-refractivity contribution in [3.8, 4) is 0 Å². The average molecular weight is 196 g/mol. The predicted molar refractivity (Wildman–Crippen MR) is 56.8 cm³/mol. The van der Waals surface area contributed by atoms with Crippen molar-refractivity contribution in [2.45, 2.75) is 27.7 Å². The van der Waals surface area contributed by atoms with E-state index in [0.717, 1.165) is 0 Å². The third-order valence-electron chi connectivity index (χ3n) is 2.74. The Labute approximate surface area is 86.3 Å². The van der Waals surface area contributed by atoms with Gasteiger partial charge in [0.1, 0.15) is 0 Å². The molecular formula is C12H20O2. The third kappa shape index (κ3) is 2.60. The molecule has 0 aromatic carbocycles. The van der Waals surface area contributed by atoms with Crippen molar-refractivity contribution in [2.24, 2.45) is 23.7 Å². The Kier molecular flexibility index (Phi) is 3.73. The summed E-state index contributed by atoms with van der Waals surface area (Å²) in [6.07, 6.45) is 4.29. The molecule has 3 atom stereocenters. The summed E-state index contributed by atoms with van der Waals surface area (Å²) in [7, 11) is 0. The van der Waals surface area contributed by atoms with E-state index in [1.54, 1.807) is 0 Å². The number of hydrogen-bond acceptors (Lipinski definition) is 2. The summed E-state index contributed by atoms with van der Waals surface area (Å²) in [6.45, 7) is 9.03. The number of carbonyl (C=O) groups excluding carboxylic acids is 1. The Balaban J connectivity index is 2.59. The van der Waals surface area contributed by atoms with Crippen molar-refractivity contribution in [1.29, 1.82) is 0 Å². The molecule has 2 heteroatoms. The molecule has 1 aliphatic rings. The standard InChI is InChI=1S/C12H20O2/c1-8(2)5-6-9(3)11-10(4)7-14-12(11)13/h5-6,8-11H,7H2,1-4H3/b6-5+/t9-,10-,11-/m1/s1. The second-order valence-electron chi connectivity index (χ2n) is 4.62. The summed E-state index contributed by atoms with van der Waals surface area (Å²) >= 11 is 0. The van der Waals surface area contributed by atoms with E-state index in [2.05, 4.69) is 39.8 Å². The van der Waals surface area contributed by atoms with Crippen LogP contribution in [0.4, 0.5) is 0 Å². The summed E-state index contributed by atoms with van der Waals surface area (Å²) in [4.78, 5) is 11.4. The van der Waals surface area contributed by atoms with E-state index in [1.807, 2.05) is 0 Å². The van der Waals surface area contributed by atoms with Crippen LogP contribution in [0.15, 0.2) is 12.2 Å². The Hall–Kier alpha value is -0.790. The number of allylic oxidation sites excluding steroid dienone is 2. The molecule has 1 aliphatic heterocycles. The monoisotopic (exact) mass is 196 g/mol. The zero-order valence-corrected chi connectivity index (χ0v) is 9.49. The summed E-state index contributed by atoms with van der Waals surface area (Å²) in [5.74, 6) is 1.23. The molecule has 0 spiro atoms. The SMILES string of the molecule is CC(C)/C=C/[C@@H](C)[C@H]1C(=O)OC[C@H]1C. The van der Waals surface area contributed by atoms with Gasteiger partial charge in [-0.2, -0.15) is 0 Å². The minimum absolute atomic E-state index is 0.0293. The molecule has 1 rings (SSSR count). The van der Waals surface area contributed by atoms with Crippen molar-refractivity contribution in [3.05, 3.63) is 12.2 Å². The molecule has 0 amide bonds. The zero-order valence-electron chi connectivity index (χ0n) is 9.49. The van der Waals surface area contributed by atoms with Gasteiger partial charge in [-0.25, -0.2) is 0 Å². The maximum atomic E-state index is 11.4. The Morgan fingerprint density at radius 1 is 1.36 bits per heavy atom. The summed E-state index contributed by atoms with van der Waals surface area (Å²) in [6, 6.07) is 0. The molecule has 0 N–H and O–H groups in total. The Morgan fingerprint density at radius 2 is 2.00 bits per heavy atom. The number of hydrogen-bond donors (Lipinski definition) is 0. The number of cyclic esters (lactones) is 1. The third-order valence-corrected chi connectivity index (χ3v) is 2.74. The number of ether oxygens (including phenoxy) is 1. The van der Waals surface area contributed by atoms with Crippen LogP contribution in [0.3, 0.4) is 0 Å². The van der Waals surface area contributed by atoms with Gasteiger partial charge >= 0.3 is 5.97 Å². The van der Waals surface area contributed by atoms with Crippen molar-refractivity contribution in [2.75, 3.05) is 6.61 Å². The highest BCUT2D eigenvalue weighted by Gasteiger charge is 2.36. The van der Waals surface area contributed by atoms with Crippen LogP contribution in [0, 0.1) is 23.7 Å². The van der Waals surface area contributed by atoms with E-state index in [0.29, 0.717) is 24.4 Å². The first kappa shape index (κ1) is 11.3. The summed E-state index contributed by atoms with van der Waals surface area (Å²) in [5, 5.41) is 0. The van der Waals surface area contributed by atoms with Gasteiger partial charge in [0.25, 0.3) is 0 Å². The molecule has 0 aliphatic carbocycles. The number of rotatable bonds is 3. The fourth-order valence-electron chi connectivity index (χ4n) is 1.90. The summed E-state index contributed by atoms with van der Waals surface area (Å²) < 4.78 is 5.03. The number of carbonyl (C=O) groups is 1. The van der Waals surface area contributed by atoms with Gasteiger partial charge in [-0.1, -0.05) is 39.8 Å². The largest absolute Gasteiger partial charge is 0.465 e. The maximum Gasteiger partial charge on any atom is 0.309 e. The minimum Gasteiger partial charge on any atom is -0.465 e. The molecule has 0 unspecified atom stereocenters. The molecule has 0 radical (unpaired) electrons. The van der Waals surface area contributed by atoms with Crippen molar-refractivity contribution in [3.63, 3.8) is 0 Å². The zero-order chi connectivity index (χ0) is 10.7. The fourth-order valence-corrected chi connectivity index (χ4v) is 1.90. The van der Waals surface area contributed by atoms with Gasteiger partial charge in [-0.05, 0) is 11.8 Å². The van der Waals surface area contributed by atoms with E-state index in [9.17, 15) is 4.79 Å². The van der Waals surface area contributed by atoms with Crippen LogP contribution in [0.25, 0.3) is 0 Å². The average Bonchev–Trinajstić information content (AvgIpc) is 2.42. The van der Waals surface area contributed by atoms with E-state index < -0.39 is 0 Å². The minimum atomic E-state index is -0.0293. The van der Waals surface area contributed by atoms with E-state index in [-0.39, 0.29) is 11.9 Å². The van der Waals surface area contributed by atoms with Crippen LogP contribution in [0.5, 0.6) is 0 Å². The molecule has 0 saturated carbocycles. The molecule has 2 nitrogen and oxygen atoms in total. The van der Waals surface area contributed by atoms with Crippen molar-refractivity contribution >= 4 is 5.97 Å². The highest BCUT2D eigenvalue weighted by molar-refractivity contribution is 5.75. The maximum absolute atomic E-state index is 11.4. The van der Waals surface area contributed by atoms with Gasteiger partial charge in [-0.15, -0.1) is 0 Å². The highest BCUT2D eigenvalue weighted by atomic mass is 16.5. The first-order chi connectivity index (χ1) is 6.52. The lowest BCUT2D eigenvalue weighted by Gasteiger charge is -2.15. The van der Waals surface area contributed by atoms with Gasteiger partial charge in [-0.3, -0.25) is 4.79 Å². The topological polar surface area (TPSA) is 26.3 Å². The molecule has 80 valence electrons. The second kappa shape index (κ2) is 4.63. The molecular weight excluding hydrogens is 176 g/mol. The first-order valence-corrected chi connectivity index (χ1v) is 5.37. The molecule has 1 saturated heterocycles. The lowest BCUT2D eigenvalue weighted by atomic mass is 9.85. The van der Waals surface area contributed by atoms with Crippen LogP contribution >= 0.6 is 0 Å². The smallest absolute Gasteiger partial charge is 0.309 e. The molecule has 0 aromatic heterocycles. The van der Waals surface area contributed by atoms with Crippen LogP contribution in [0.1, 0.15) is 27.7 Å². The van der Waals surface area contributed by atoms with E-state index in [4.69, 9.17) is 4.74 Å². The fraction of sp³-hybridized carbons (Fsp3) is 0.750. The second-order valence-corrected chi connectivity index (χ2v) is 4.62. The van der Waals surface area contributed by atoms with Gasteiger partial charge in [0.2, 0.25) is 0 Å². The Morgan fingerprint density at radius 3 is 2.43 bits per heavy atom. The van der Waals surface area contributed by atoms with Crippen molar-refractivity contribution in [1.82, 2.24) is 0 Å². The molecule has 0 aromatic rings. The lowest BCUT2D eigenvalue weighted by molar-refractivity contribution is -0.142. The quantitative estimate of drug-likeness (QED) is 0.512. The van der Waals surface area contributed by atoms with Crippen LogP contribution in [-0.4, -0.2) is 12.6 Å². The summed E-state index contributed by atoms with van der Waals surface area (Å²) in [5.41, 5.74) is 0. The Bertz CT molecular complexity index is 230. The highest BCUT2D eigenvalue weighted by Crippen LogP contribution is 2.29. The molecule has 14 heavy (non-hydrogen) atoms. The molecule has 1 heterocycles. The van der Waals surface area contributed by atoms with Crippen LogP contribution in [-0.2, 0) is 9.53 Å². The molecule has 1 fully saturated rings.